The molecule has 0 unspecified atom stereocenters. The molecule has 29 heavy (non-hydrogen) atoms. The predicted molar refractivity (Wildman–Crippen MR) is 109 cm³/mol. The lowest BCUT2D eigenvalue weighted by Gasteiger charge is -2.34. The Morgan fingerprint density at radius 1 is 1.10 bits per heavy atom. The van der Waals surface area contributed by atoms with Crippen LogP contribution in [0.1, 0.15) is 11.3 Å². The number of imidazole rings is 1. The van der Waals surface area contributed by atoms with Crippen LogP contribution < -0.4 is 0 Å². The number of nitrogens with zero attached hydrogens (tertiary/aromatic N) is 5. The number of carbonyl (C=O) groups excluding carboxylic acids is 1. The van der Waals surface area contributed by atoms with Crippen molar-refractivity contribution < 1.29 is 9.72 Å². The zero-order chi connectivity index (χ0) is 20.2. The van der Waals surface area contributed by atoms with Gasteiger partial charge in [-0.1, -0.05) is 6.07 Å². The molecule has 3 aromatic rings. The van der Waals surface area contributed by atoms with Crippen LogP contribution in [0, 0.1) is 10.1 Å². The van der Waals surface area contributed by atoms with Crippen molar-refractivity contribution in [2.75, 3.05) is 26.2 Å². The number of non-ortho nitro benzene ring substituents is 1. The molecule has 148 valence electrons. The summed E-state index contributed by atoms with van der Waals surface area (Å²) in [4.78, 5) is 31.3. The molecule has 1 saturated heterocycles. The lowest BCUT2D eigenvalue weighted by Crippen LogP contribution is -2.47. The van der Waals surface area contributed by atoms with Crippen LogP contribution in [0.3, 0.4) is 0 Å². The molecule has 0 bridgehead atoms. The van der Waals surface area contributed by atoms with Gasteiger partial charge in [-0.05, 0) is 35.9 Å². The van der Waals surface area contributed by atoms with Crippen molar-refractivity contribution in [3.05, 3.63) is 82.3 Å². The van der Waals surface area contributed by atoms with Crippen molar-refractivity contribution in [3.63, 3.8) is 0 Å². The Morgan fingerprint density at radius 3 is 2.59 bits per heavy atom. The molecule has 1 amide bonds. The molecule has 0 radical (unpaired) electrons. The van der Waals surface area contributed by atoms with Gasteiger partial charge in [0, 0.05) is 57.1 Å². The topological polar surface area (TPSA) is 84.0 Å². The van der Waals surface area contributed by atoms with Crippen molar-refractivity contribution in [2.45, 2.75) is 6.54 Å². The molecule has 1 fully saturated rings. The van der Waals surface area contributed by atoms with E-state index in [0.29, 0.717) is 13.1 Å². The van der Waals surface area contributed by atoms with E-state index in [9.17, 15) is 14.9 Å². The number of nitro benzene ring substituents is 1. The average Bonchev–Trinajstić information content (AvgIpc) is 3.16. The van der Waals surface area contributed by atoms with Gasteiger partial charge >= 0.3 is 0 Å². The number of hydrogen-bond donors (Lipinski definition) is 0. The van der Waals surface area contributed by atoms with Gasteiger partial charge in [-0.25, -0.2) is 4.98 Å². The highest BCUT2D eigenvalue weighted by atomic mass is 16.6. The van der Waals surface area contributed by atoms with Crippen LogP contribution in [0.5, 0.6) is 0 Å². The molecular formula is C21H21N5O3. The minimum Gasteiger partial charge on any atom is -0.337 e. The predicted octanol–water partition coefficient (Wildman–Crippen LogP) is 2.60. The van der Waals surface area contributed by atoms with Crippen molar-refractivity contribution in [3.8, 4) is 0 Å². The summed E-state index contributed by atoms with van der Waals surface area (Å²) in [5.41, 5.74) is 2.87. The summed E-state index contributed by atoms with van der Waals surface area (Å²) in [6.45, 7) is 3.74. The van der Waals surface area contributed by atoms with Gasteiger partial charge in [-0.2, -0.15) is 0 Å². The van der Waals surface area contributed by atoms with E-state index in [0.717, 1.165) is 36.5 Å². The molecule has 0 atom stereocenters. The fourth-order valence-corrected chi connectivity index (χ4v) is 3.44. The number of fused-ring (bicyclic) bond motifs is 1. The van der Waals surface area contributed by atoms with E-state index in [1.807, 2.05) is 35.5 Å². The van der Waals surface area contributed by atoms with E-state index in [4.69, 9.17) is 0 Å². The number of nitro groups is 1. The van der Waals surface area contributed by atoms with Crippen LogP contribution in [0.4, 0.5) is 5.69 Å². The second-order valence-electron chi connectivity index (χ2n) is 6.96. The smallest absolute Gasteiger partial charge is 0.269 e. The maximum Gasteiger partial charge on any atom is 0.269 e. The SMILES string of the molecule is O=C(/C=C/c1ccc([N+](=O)[O-])cc1)N1CCN(Cc2cnc3ccccn23)CC1. The first-order valence-electron chi connectivity index (χ1n) is 9.45. The van der Waals surface area contributed by atoms with Crippen molar-refractivity contribution in [1.29, 1.82) is 0 Å². The van der Waals surface area contributed by atoms with Gasteiger partial charge < -0.3 is 9.30 Å². The number of piperazine rings is 1. The van der Waals surface area contributed by atoms with Crippen molar-refractivity contribution in [1.82, 2.24) is 19.2 Å². The highest BCUT2D eigenvalue weighted by Gasteiger charge is 2.20. The van der Waals surface area contributed by atoms with E-state index >= 15 is 0 Å². The minimum atomic E-state index is -0.440. The number of hydrogen-bond acceptors (Lipinski definition) is 5. The molecule has 3 heterocycles. The van der Waals surface area contributed by atoms with Crippen molar-refractivity contribution >= 4 is 23.3 Å². The summed E-state index contributed by atoms with van der Waals surface area (Å²) in [7, 11) is 0. The summed E-state index contributed by atoms with van der Waals surface area (Å²) >= 11 is 0. The van der Waals surface area contributed by atoms with Gasteiger partial charge in [-0.15, -0.1) is 0 Å². The summed E-state index contributed by atoms with van der Waals surface area (Å²) in [6, 6.07) is 12.1. The summed E-state index contributed by atoms with van der Waals surface area (Å²) in [6.07, 6.45) is 7.14. The highest BCUT2D eigenvalue weighted by Crippen LogP contribution is 2.14. The third-order valence-electron chi connectivity index (χ3n) is 5.09. The number of pyridine rings is 1. The fraction of sp³-hybridized carbons (Fsp3) is 0.238. The number of carbonyl (C=O) groups is 1. The monoisotopic (exact) mass is 391 g/mol. The van der Waals surface area contributed by atoms with Gasteiger partial charge in [0.15, 0.2) is 0 Å². The van der Waals surface area contributed by atoms with Crippen LogP contribution in [0.25, 0.3) is 11.7 Å². The third kappa shape index (κ3) is 4.33. The van der Waals surface area contributed by atoms with Gasteiger partial charge in [0.25, 0.3) is 5.69 Å². The Morgan fingerprint density at radius 2 is 1.86 bits per heavy atom. The Labute approximate surface area is 167 Å². The van der Waals surface area contributed by atoms with Crippen LogP contribution in [0.15, 0.2) is 60.9 Å². The molecule has 0 aliphatic carbocycles. The highest BCUT2D eigenvalue weighted by molar-refractivity contribution is 5.91. The van der Waals surface area contributed by atoms with Crippen molar-refractivity contribution in [2.24, 2.45) is 0 Å². The Hall–Kier alpha value is -3.52. The second kappa shape index (κ2) is 8.24. The first-order valence-corrected chi connectivity index (χ1v) is 9.45. The fourth-order valence-electron chi connectivity index (χ4n) is 3.44. The maximum absolute atomic E-state index is 12.4. The Kier molecular flexibility index (Phi) is 5.35. The number of rotatable bonds is 5. The summed E-state index contributed by atoms with van der Waals surface area (Å²) in [5, 5.41) is 10.7. The lowest BCUT2D eigenvalue weighted by molar-refractivity contribution is -0.384. The molecule has 4 rings (SSSR count). The molecule has 8 heteroatoms. The molecule has 0 N–H and O–H groups in total. The van der Waals surface area contributed by atoms with E-state index in [2.05, 4.69) is 14.3 Å². The van der Waals surface area contributed by atoms with Gasteiger partial charge in [0.1, 0.15) is 5.65 Å². The molecule has 0 saturated carbocycles. The molecule has 1 aliphatic rings. The third-order valence-corrected chi connectivity index (χ3v) is 5.09. The minimum absolute atomic E-state index is 0.0376. The molecule has 2 aromatic heterocycles. The summed E-state index contributed by atoms with van der Waals surface area (Å²) < 4.78 is 2.09. The first-order chi connectivity index (χ1) is 14.1. The van der Waals surface area contributed by atoms with Crippen LogP contribution in [-0.4, -0.2) is 56.2 Å². The standard InChI is InChI=1S/C21H21N5O3/c27-21(9-6-17-4-7-18(8-5-17)26(28)29)24-13-11-23(12-14-24)16-19-15-22-20-3-1-2-10-25(19)20/h1-10,15H,11-14,16H2/b9-6+. The van der Waals surface area contributed by atoms with Crippen LogP contribution >= 0.6 is 0 Å². The molecule has 1 aliphatic heterocycles. The number of aromatic nitrogens is 2. The largest absolute Gasteiger partial charge is 0.337 e. The normalized spacial score (nSPS) is 15.2. The molecular weight excluding hydrogens is 370 g/mol. The van der Waals surface area contributed by atoms with E-state index in [-0.39, 0.29) is 11.6 Å². The number of benzene rings is 1. The van der Waals surface area contributed by atoms with Gasteiger partial charge in [-0.3, -0.25) is 19.8 Å². The quantitative estimate of drug-likeness (QED) is 0.379. The number of amides is 1. The Balaban J connectivity index is 1.30. The zero-order valence-electron chi connectivity index (χ0n) is 15.8. The van der Waals surface area contributed by atoms with Gasteiger partial charge in [0.2, 0.25) is 5.91 Å². The molecule has 0 spiro atoms. The molecule has 1 aromatic carbocycles. The molecule has 8 nitrogen and oxygen atoms in total. The maximum atomic E-state index is 12.4. The van der Waals surface area contributed by atoms with E-state index in [1.165, 1.54) is 18.2 Å². The Bertz CT molecular complexity index is 1050. The van der Waals surface area contributed by atoms with E-state index in [1.54, 1.807) is 18.2 Å². The van der Waals surface area contributed by atoms with Gasteiger partial charge in [0.05, 0.1) is 16.8 Å². The van der Waals surface area contributed by atoms with E-state index < -0.39 is 4.92 Å². The van der Waals surface area contributed by atoms with Crippen LogP contribution in [-0.2, 0) is 11.3 Å². The van der Waals surface area contributed by atoms with Crippen LogP contribution in [0.2, 0.25) is 0 Å². The zero-order valence-corrected chi connectivity index (χ0v) is 15.8. The average molecular weight is 391 g/mol. The summed E-state index contributed by atoms with van der Waals surface area (Å²) in [5.74, 6) is -0.0437. The lowest BCUT2D eigenvalue weighted by atomic mass is 10.2. The first kappa shape index (κ1) is 18.8. The second-order valence-corrected chi connectivity index (χ2v) is 6.96.